The Hall–Kier alpha value is -6.19. The standard InChI is InChI=1S/C46H31N3/c1-46(2)39-20-19-36-35-11-3-7-30-8-4-12-38(43(30)35)44(36)45(39)37-18-17-31(23-40(37)46)28-13-15-29(16-14-28)34-24-41(32-9-5-21-47-26-32)49-42(25-34)33-10-6-22-48-27-33/h3-27H,1-2H3. The van der Waals surface area contributed by atoms with Gasteiger partial charge in [-0.2, -0.15) is 0 Å². The molecule has 3 heteroatoms. The molecule has 0 bridgehead atoms. The van der Waals surface area contributed by atoms with Gasteiger partial charge in [-0.1, -0.05) is 98.8 Å². The van der Waals surface area contributed by atoms with Crippen LogP contribution < -0.4 is 0 Å². The maximum Gasteiger partial charge on any atom is 0.0731 e. The zero-order valence-corrected chi connectivity index (χ0v) is 27.3. The first kappa shape index (κ1) is 27.9. The van der Waals surface area contributed by atoms with Gasteiger partial charge in [-0.15, -0.1) is 0 Å². The first-order valence-corrected chi connectivity index (χ1v) is 16.8. The van der Waals surface area contributed by atoms with Crippen molar-refractivity contribution >= 4 is 10.8 Å². The van der Waals surface area contributed by atoms with Crippen molar-refractivity contribution in [3.05, 3.63) is 163 Å². The SMILES string of the molecule is CC1(C)c2cc(-c3ccc(-c4cc(-c5cccnc5)nc(-c5cccnc5)c4)cc3)ccc2-c2c1ccc1c2-c2cccc3cccc-1c23. The van der Waals surface area contributed by atoms with Gasteiger partial charge in [0.15, 0.2) is 0 Å². The van der Waals surface area contributed by atoms with Crippen LogP contribution in [0.5, 0.6) is 0 Å². The normalized spacial score (nSPS) is 13.3. The summed E-state index contributed by atoms with van der Waals surface area (Å²) in [4.78, 5) is 13.7. The van der Waals surface area contributed by atoms with Crippen LogP contribution >= 0.6 is 0 Å². The van der Waals surface area contributed by atoms with E-state index in [0.29, 0.717) is 0 Å². The van der Waals surface area contributed by atoms with Gasteiger partial charge in [0.1, 0.15) is 0 Å². The highest BCUT2D eigenvalue weighted by atomic mass is 14.7. The molecule has 0 spiro atoms. The van der Waals surface area contributed by atoms with Gasteiger partial charge in [0.2, 0.25) is 0 Å². The Balaban J connectivity index is 1.05. The highest BCUT2D eigenvalue weighted by molar-refractivity contribution is 6.19. The van der Waals surface area contributed by atoms with Gasteiger partial charge < -0.3 is 0 Å². The second kappa shape index (κ2) is 10.4. The third-order valence-corrected chi connectivity index (χ3v) is 10.6. The predicted molar refractivity (Wildman–Crippen MR) is 201 cm³/mol. The van der Waals surface area contributed by atoms with Gasteiger partial charge in [-0.25, -0.2) is 4.98 Å². The van der Waals surface area contributed by atoms with Crippen molar-refractivity contribution in [2.45, 2.75) is 19.3 Å². The van der Waals surface area contributed by atoms with Crippen LogP contribution in [-0.2, 0) is 5.41 Å². The van der Waals surface area contributed by atoms with Crippen molar-refractivity contribution in [3.8, 4) is 78.1 Å². The van der Waals surface area contributed by atoms with E-state index in [9.17, 15) is 0 Å². The molecule has 230 valence electrons. The number of fused-ring (bicyclic) bond motifs is 7. The molecule has 2 aliphatic rings. The van der Waals surface area contributed by atoms with Crippen LogP contribution in [0.4, 0.5) is 0 Å². The quantitative estimate of drug-likeness (QED) is 0.195. The molecule has 10 rings (SSSR count). The summed E-state index contributed by atoms with van der Waals surface area (Å²) >= 11 is 0. The van der Waals surface area contributed by atoms with Crippen LogP contribution in [0.15, 0.2) is 152 Å². The van der Waals surface area contributed by atoms with E-state index in [1.165, 1.54) is 66.4 Å². The average molecular weight is 626 g/mol. The van der Waals surface area contributed by atoms with Crippen molar-refractivity contribution in [1.29, 1.82) is 0 Å². The van der Waals surface area contributed by atoms with Crippen LogP contribution in [0.1, 0.15) is 25.0 Å². The van der Waals surface area contributed by atoms with E-state index in [-0.39, 0.29) is 5.41 Å². The number of nitrogens with zero attached hydrogens (tertiary/aromatic N) is 3. The summed E-state index contributed by atoms with van der Waals surface area (Å²) in [5.41, 5.74) is 19.3. The van der Waals surface area contributed by atoms with E-state index in [2.05, 4.69) is 139 Å². The van der Waals surface area contributed by atoms with E-state index < -0.39 is 0 Å². The minimum Gasteiger partial charge on any atom is -0.264 e. The van der Waals surface area contributed by atoms with Gasteiger partial charge in [0, 0.05) is 41.3 Å². The Bertz CT molecular complexity index is 2540. The van der Waals surface area contributed by atoms with E-state index in [1.54, 1.807) is 12.4 Å². The Morgan fingerprint density at radius 3 is 1.69 bits per heavy atom. The molecule has 0 unspecified atom stereocenters. The molecule has 0 saturated carbocycles. The lowest BCUT2D eigenvalue weighted by molar-refractivity contribution is 0.661. The highest BCUT2D eigenvalue weighted by Crippen LogP contribution is 2.58. The second-order valence-corrected chi connectivity index (χ2v) is 13.7. The topological polar surface area (TPSA) is 38.7 Å². The van der Waals surface area contributed by atoms with E-state index >= 15 is 0 Å². The number of benzene rings is 5. The molecular formula is C46H31N3. The zero-order valence-electron chi connectivity index (χ0n) is 27.3. The van der Waals surface area contributed by atoms with E-state index in [4.69, 9.17) is 4.98 Å². The molecular weight excluding hydrogens is 595 g/mol. The number of rotatable bonds is 4. The molecule has 49 heavy (non-hydrogen) atoms. The zero-order chi connectivity index (χ0) is 32.7. The molecule has 3 aromatic heterocycles. The second-order valence-electron chi connectivity index (χ2n) is 13.7. The lowest BCUT2D eigenvalue weighted by atomic mass is 9.81. The summed E-state index contributed by atoms with van der Waals surface area (Å²) in [6.45, 7) is 4.76. The summed E-state index contributed by atoms with van der Waals surface area (Å²) in [6.07, 6.45) is 7.31. The molecule has 5 aromatic carbocycles. The first-order chi connectivity index (χ1) is 24.0. The number of pyridine rings is 3. The fourth-order valence-electron chi connectivity index (χ4n) is 8.16. The van der Waals surface area contributed by atoms with Crippen molar-refractivity contribution in [2.75, 3.05) is 0 Å². The minimum atomic E-state index is -0.110. The number of aromatic nitrogens is 3. The van der Waals surface area contributed by atoms with Crippen LogP contribution in [0, 0.1) is 0 Å². The van der Waals surface area contributed by atoms with Crippen molar-refractivity contribution in [1.82, 2.24) is 15.0 Å². The third-order valence-electron chi connectivity index (χ3n) is 10.6. The highest BCUT2D eigenvalue weighted by Gasteiger charge is 2.39. The minimum absolute atomic E-state index is 0.110. The summed E-state index contributed by atoms with van der Waals surface area (Å²) in [7, 11) is 0. The smallest absolute Gasteiger partial charge is 0.0731 e. The molecule has 0 saturated heterocycles. The van der Waals surface area contributed by atoms with Gasteiger partial charge in [0.25, 0.3) is 0 Å². The molecule has 8 aromatic rings. The first-order valence-electron chi connectivity index (χ1n) is 16.8. The molecule has 3 heterocycles. The lowest BCUT2D eigenvalue weighted by Gasteiger charge is -2.22. The molecule has 0 aliphatic heterocycles. The molecule has 0 N–H and O–H groups in total. The summed E-state index contributed by atoms with van der Waals surface area (Å²) in [5.74, 6) is 0. The Kier molecular flexibility index (Phi) is 5.92. The molecule has 2 aliphatic carbocycles. The van der Waals surface area contributed by atoms with Crippen LogP contribution in [0.3, 0.4) is 0 Å². The van der Waals surface area contributed by atoms with E-state index in [1.807, 2.05) is 24.5 Å². The van der Waals surface area contributed by atoms with E-state index in [0.717, 1.165) is 33.6 Å². The average Bonchev–Trinajstić information content (AvgIpc) is 3.61. The molecule has 3 nitrogen and oxygen atoms in total. The van der Waals surface area contributed by atoms with Crippen LogP contribution in [0.2, 0.25) is 0 Å². The third kappa shape index (κ3) is 4.19. The predicted octanol–water partition coefficient (Wildman–Crippen LogP) is 11.6. The fraction of sp³-hybridized carbons (Fsp3) is 0.0652. The Morgan fingerprint density at radius 1 is 0.429 bits per heavy atom. The Labute approximate surface area is 285 Å². The lowest BCUT2D eigenvalue weighted by Crippen LogP contribution is -2.15. The van der Waals surface area contributed by atoms with Gasteiger partial charge in [-0.3, -0.25) is 9.97 Å². The van der Waals surface area contributed by atoms with Crippen LogP contribution in [0.25, 0.3) is 88.9 Å². The van der Waals surface area contributed by atoms with Crippen molar-refractivity contribution in [3.63, 3.8) is 0 Å². The van der Waals surface area contributed by atoms with Crippen molar-refractivity contribution in [2.24, 2.45) is 0 Å². The molecule has 0 fully saturated rings. The molecule has 0 radical (unpaired) electrons. The fourth-order valence-corrected chi connectivity index (χ4v) is 8.16. The Morgan fingerprint density at radius 2 is 1.04 bits per heavy atom. The van der Waals surface area contributed by atoms with Gasteiger partial charge >= 0.3 is 0 Å². The summed E-state index contributed by atoms with van der Waals surface area (Å²) in [6, 6.07) is 46.5. The van der Waals surface area contributed by atoms with Crippen molar-refractivity contribution < 1.29 is 0 Å². The van der Waals surface area contributed by atoms with Crippen LogP contribution in [-0.4, -0.2) is 15.0 Å². The van der Waals surface area contributed by atoms with Gasteiger partial charge in [-0.05, 0) is 120 Å². The largest absolute Gasteiger partial charge is 0.264 e. The maximum absolute atomic E-state index is 4.99. The maximum atomic E-state index is 4.99. The molecule has 0 atom stereocenters. The number of hydrogen-bond donors (Lipinski definition) is 0. The number of hydrogen-bond acceptors (Lipinski definition) is 3. The monoisotopic (exact) mass is 625 g/mol. The van der Waals surface area contributed by atoms with Gasteiger partial charge in [0.05, 0.1) is 11.4 Å². The molecule has 0 amide bonds. The summed E-state index contributed by atoms with van der Waals surface area (Å²) < 4.78 is 0. The summed E-state index contributed by atoms with van der Waals surface area (Å²) in [5, 5.41) is 2.69.